The zero-order chi connectivity index (χ0) is 16.1. The summed E-state index contributed by atoms with van der Waals surface area (Å²) in [4.78, 5) is 19.4. The molecule has 0 N–H and O–H groups in total. The van der Waals surface area contributed by atoms with Crippen molar-refractivity contribution in [2.45, 2.75) is 6.42 Å². The number of pyridine rings is 1. The number of anilines is 1. The Bertz CT molecular complexity index is 637. The van der Waals surface area contributed by atoms with Crippen LogP contribution in [-0.4, -0.2) is 47.5 Å². The van der Waals surface area contributed by atoms with Crippen LogP contribution in [0, 0.1) is 10.1 Å². The van der Waals surface area contributed by atoms with Crippen molar-refractivity contribution in [1.29, 1.82) is 0 Å². The minimum atomic E-state index is -0.362. The third-order valence-electron chi connectivity index (χ3n) is 4.21. The number of benzene rings is 1. The van der Waals surface area contributed by atoms with Gasteiger partial charge >= 0.3 is 0 Å². The molecule has 0 amide bonds. The average Bonchev–Trinajstić information content (AvgIpc) is 2.61. The molecule has 1 aromatic carbocycles. The van der Waals surface area contributed by atoms with E-state index in [1.165, 1.54) is 0 Å². The summed E-state index contributed by atoms with van der Waals surface area (Å²) in [5, 5.41) is 10.7. The molecule has 120 valence electrons. The molecule has 0 saturated carbocycles. The van der Waals surface area contributed by atoms with E-state index in [4.69, 9.17) is 0 Å². The third kappa shape index (κ3) is 4.04. The van der Waals surface area contributed by atoms with Crippen LogP contribution >= 0.6 is 0 Å². The summed E-state index contributed by atoms with van der Waals surface area (Å²) in [6.45, 7) is 4.92. The van der Waals surface area contributed by atoms with E-state index < -0.39 is 0 Å². The van der Waals surface area contributed by atoms with Gasteiger partial charge < -0.3 is 4.90 Å². The molecular formula is C17H20N4O2. The molecule has 0 radical (unpaired) electrons. The summed E-state index contributed by atoms with van der Waals surface area (Å²) in [5.74, 6) is 0. The number of non-ortho nitro benzene ring substituents is 1. The van der Waals surface area contributed by atoms with Crippen LogP contribution in [0.15, 0.2) is 48.7 Å². The minimum Gasteiger partial charge on any atom is -0.369 e. The first-order chi connectivity index (χ1) is 11.2. The van der Waals surface area contributed by atoms with Gasteiger partial charge in [0.2, 0.25) is 0 Å². The van der Waals surface area contributed by atoms with Crippen molar-refractivity contribution in [2.75, 3.05) is 37.6 Å². The number of aromatic nitrogens is 1. The number of nitro groups is 1. The second-order valence-corrected chi connectivity index (χ2v) is 5.67. The monoisotopic (exact) mass is 312 g/mol. The van der Waals surface area contributed by atoms with Crippen molar-refractivity contribution in [1.82, 2.24) is 9.88 Å². The predicted molar refractivity (Wildman–Crippen MR) is 89.7 cm³/mol. The first-order valence-corrected chi connectivity index (χ1v) is 7.84. The van der Waals surface area contributed by atoms with E-state index in [9.17, 15) is 10.1 Å². The van der Waals surface area contributed by atoms with Crippen molar-refractivity contribution >= 4 is 11.4 Å². The maximum Gasteiger partial charge on any atom is 0.269 e. The Morgan fingerprint density at radius 1 is 1.04 bits per heavy atom. The summed E-state index contributed by atoms with van der Waals surface area (Å²) >= 11 is 0. The van der Waals surface area contributed by atoms with Crippen LogP contribution < -0.4 is 4.90 Å². The Hall–Kier alpha value is -2.47. The summed E-state index contributed by atoms with van der Waals surface area (Å²) in [5.41, 5.74) is 2.33. The van der Waals surface area contributed by atoms with E-state index in [2.05, 4.69) is 20.9 Å². The SMILES string of the molecule is O=[N+]([O-])c1ccc(N2CCN(CCc3ccccn3)CC2)cc1. The Labute approximate surface area is 135 Å². The van der Waals surface area contributed by atoms with Crippen molar-refractivity contribution in [3.63, 3.8) is 0 Å². The molecule has 3 rings (SSSR count). The molecule has 1 aromatic heterocycles. The summed E-state index contributed by atoms with van der Waals surface area (Å²) in [7, 11) is 0. The normalized spacial score (nSPS) is 15.6. The van der Waals surface area contributed by atoms with Gasteiger partial charge in [0.1, 0.15) is 0 Å². The number of hydrogen-bond acceptors (Lipinski definition) is 5. The Morgan fingerprint density at radius 2 is 1.78 bits per heavy atom. The molecule has 6 heteroatoms. The maximum absolute atomic E-state index is 10.7. The lowest BCUT2D eigenvalue weighted by molar-refractivity contribution is -0.384. The lowest BCUT2D eigenvalue weighted by Crippen LogP contribution is -2.47. The second kappa shape index (κ2) is 7.19. The summed E-state index contributed by atoms with van der Waals surface area (Å²) in [6, 6.07) is 12.8. The zero-order valence-corrected chi connectivity index (χ0v) is 13.0. The Balaban J connectivity index is 1.49. The molecule has 1 aliphatic rings. The molecule has 6 nitrogen and oxygen atoms in total. The summed E-state index contributed by atoms with van der Waals surface area (Å²) in [6.07, 6.45) is 2.81. The van der Waals surface area contributed by atoms with E-state index >= 15 is 0 Å². The molecule has 1 aliphatic heterocycles. The smallest absolute Gasteiger partial charge is 0.269 e. The highest BCUT2D eigenvalue weighted by Gasteiger charge is 2.17. The number of nitrogens with zero attached hydrogens (tertiary/aromatic N) is 4. The quantitative estimate of drug-likeness (QED) is 0.626. The topological polar surface area (TPSA) is 62.5 Å². The maximum atomic E-state index is 10.7. The zero-order valence-electron chi connectivity index (χ0n) is 13.0. The minimum absolute atomic E-state index is 0.141. The first-order valence-electron chi connectivity index (χ1n) is 7.84. The van der Waals surface area contributed by atoms with Gasteiger partial charge in [-0.05, 0) is 24.3 Å². The van der Waals surface area contributed by atoms with Crippen molar-refractivity contribution < 1.29 is 4.92 Å². The standard InChI is InChI=1S/C17H20N4O2/c22-21(23)17-6-4-16(5-7-17)20-13-11-19(12-14-20)10-8-15-3-1-2-9-18-15/h1-7,9H,8,10-14H2. The highest BCUT2D eigenvalue weighted by molar-refractivity contribution is 5.51. The van der Waals surface area contributed by atoms with E-state index in [1.54, 1.807) is 12.1 Å². The predicted octanol–water partition coefficient (Wildman–Crippen LogP) is 2.35. The third-order valence-corrected chi connectivity index (χ3v) is 4.21. The van der Waals surface area contributed by atoms with Crippen molar-refractivity contribution in [3.8, 4) is 0 Å². The van der Waals surface area contributed by atoms with Crippen LogP contribution in [0.3, 0.4) is 0 Å². The molecule has 0 atom stereocenters. The fourth-order valence-corrected chi connectivity index (χ4v) is 2.83. The fourth-order valence-electron chi connectivity index (χ4n) is 2.83. The van der Waals surface area contributed by atoms with Crippen LogP contribution in [-0.2, 0) is 6.42 Å². The molecule has 23 heavy (non-hydrogen) atoms. The van der Waals surface area contributed by atoms with Gasteiger partial charge in [0, 0.05) is 68.9 Å². The molecule has 0 aliphatic carbocycles. The highest BCUT2D eigenvalue weighted by atomic mass is 16.6. The molecule has 1 fully saturated rings. The van der Waals surface area contributed by atoms with Gasteiger partial charge in [-0.3, -0.25) is 20.0 Å². The number of rotatable bonds is 5. The van der Waals surface area contributed by atoms with Gasteiger partial charge in [0.05, 0.1) is 4.92 Å². The molecule has 2 aromatic rings. The first kappa shape index (κ1) is 15.4. The van der Waals surface area contributed by atoms with Gasteiger partial charge in [-0.15, -0.1) is 0 Å². The highest BCUT2D eigenvalue weighted by Crippen LogP contribution is 2.20. The van der Waals surface area contributed by atoms with Crippen LogP contribution in [0.5, 0.6) is 0 Å². The van der Waals surface area contributed by atoms with Crippen LogP contribution in [0.4, 0.5) is 11.4 Å². The van der Waals surface area contributed by atoms with E-state index in [0.717, 1.165) is 50.5 Å². The molecule has 0 unspecified atom stereocenters. The molecule has 0 spiro atoms. The summed E-state index contributed by atoms with van der Waals surface area (Å²) < 4.78 is 0. The molecule has 1 saturated heterocycles. The van der Waals surface area contributed by atoms with Gasteiger partial charge in [-0.2, -0.15) is 0 Å². The van der Waals surface area contributed by atoms with E-state index in [-0.39, 0.29) is 10.6 Å². The Morgan fingerprint density at radius 3 is 2.39 bits per heavy atom. The lowest BCUT2D eigenvalue weighted by atomic mass is 10.2. The van der Waals surface area contributed by atoms with E-state index in [0.29, 0.717) is 0 Å². The number of piperazine rings is 1. The van der Waals surface area contributed by atoms with Crippen molar-refractivity contribution in [2.24, 2.45) is 0 Å². The average molecular weight is 312 g/mol. The van der Waals surface area contributed by atoms with Gasteiger partial charge in [0.25, 0.3) is 5.69 Å². The molecular weight excluding hydrogens is 292 g/mol. The van der Waals surface area contributed by atoms with Crippen LogP contribution in [0.1, 0.15) is 5.69 Å². The fraction of sp³-hybridized carbons (Fsp3) is 0.353. The number of nitro benzene ring substituents is 1. The van der Waals surface area contributed by atoms with Crippen molar-refractivity contribution in [3.05, 3.63) is 64.5 Å². The van der Waals surface area contributed by atoms with Gasteiger partial charge in [0.15, 0.2) is 0 Å². The van der Waals surface area contributed by atoms with Gasteiger partial charge in [-0.25, -0.2) is 0 Å². The van der Waals surface area contributed by atoms with E-state index in [1.807, 2.05) is 30.5 Å². The van der Waals surface area contributed by atoms with Gasteiger partial charge in [-0.1, -0.05) is 6.07 Å². The molecule has 0 bridgehead atoms. The van der Waals surface area contributed by atoms with Crippen LogP contribution in [0.25, 0.3) is 0 Å². The second-order valence-electron chi connectivity index (χ2n) is 5.67. The van der Waals surface area contributed by atoms with Crippen LogP contribution in [0.2, 0.25) is 0 Å². The lowest BCUT2D eigenvalue weighted by Gasteiger charge is -2.36. The Kier molecular flexibility index (Phi) is 4.83. The largest absolute Gasteiger partial charge is 0.369 e. The number of hydrogen-bond donors (Lipinski definition) is 0. The molecule has 2 heterocycles.